The van der Waals surface area contributed by atoms with Gasteiger partial charge in [0, 0.05) is 37.3 Å². The summed E-state index contributed by atoms with van der Waals surface area (Å²) >= 11 is 0. The number of nitrogens with one attached hydrogen (secondary N) is 1. The van der Waals surface area contributed by atoms with E-state index in [9.17, 15) is 13.2 Å². The van der Waals surface area contributed by atoms with Crippen LogP contribution in [0.2, 0.25) is 0 Å². The van der Waals surface area contributed by atoms with E-state index >= 15 is 0 Å². The van der Waals surface area contributed by atoms with Gasteiger partial charge in [-0.05, 0) is 13.3 Å². The van der Waals surface area contributed by atoms with Crippen LogP contribution in [-0.4, -0.2) is 25.2 Å². The molecule has 0 amide bonds. The first-order chi connectivity index (χ1) is 8.52. The molecule has 1 saturated heterocycles. The molecule has 2 unspecified atom stereocenters. The fourth-order valence-corrected chi connectivity index (χ4v) is 2.27. The first kappa shape index (κ1) is 13.2. The highest BCUT2D eigenvalue weighted by Crippen LogP contribution is 2.26. The van der Waals surface area contributed by atoms with E-state index in [1.807, 2.05) is 13.8 Å². The minimum absolute atomic E-state index is 0.0483. The summed E-state index contributed by atoms with van der Waals surface area (Å²) in [5.74, 6) is -2.87. The lowest BCUT2D eigenvalue weighted by molar-refractivity contribution is 0.392. The van der Waals surface area contributed by atoms with Crippen molar-refractivity contribution < 1.29 is 13.2 Å². The molecular weight excluding hydrogens is 241 g/mol. The molecule has 5 heteroatoms. The van der Waals surface area contributed by atoms with E-state index in [0.29, 0.717) is 19.2 Å². The smallest absolute Gasteiger partial charge is 0.161 e. The van der Waals surface area contributed by atoms with Crippen LogP contribution in [0.4, 0.5) is 18.9 Å². The van der Waals surface area contributed by atoms with Crippen LogP contribution in [0.1, 0.15) is 20.3 Å². The largest absolute Gasteiger partial charge is 0.364 e. The van der Waals surface area contributed by atoms with Crippen LogP contribution in [0.3, 0.4) is 0 Å². The molecule has 0 bridgehead atoms. The zero-order chi connectivity index (χ0) is 13.3. The summed E-state index contributed by atoms with van der Waals surface area (Å²) in [5.41, 5.74) is 0.140. The van der Waals surface area contributed by atoms with Gasteiger partial charge in [0.2, 0.25) is 0 Å². The molecule has 1 heterocycles. The average molecular weight is 258 g/mol. The summed E-state index contributed by atoms with van der Waals surface area (Å²) in [7, 11) is 0. The van der Waals surface area contributed by atoms with Crippen molar-refractivity contribution >= 4 is 5.69 Å². The molecule has 0 aliphatic carbocycles. The highest BCUT2D eigenvalue weighted by Gasteiger charge is 2.26. The van der Waals surface area contributed by atoms with Gasteiger partial charge < -0.3 is 10.2 Å². The molecule has 0 radical (unpaired) electrons. The van der Waals surface area contributed by atoms with Crippen molar-refractivity contribution in [1.82, 2.24) is 5.32 Å². The molecule has 18 heavy (non-hydrogen) atoms. The maximum Gasteiger partial charge on any atom is 0.161 e. The molecule has 0 spiro atoms. The maximum atomic E-state index is 13.8. The Labute approximate surface area is 105 Å². The van der Waals surface area contributed by atoms with Gasteiger partial charge in [-0.15, -0.1) is 0 Å². The topological polar surface area (TPSA) is 15.3 Å². The number of anilines is 1. The molecule has 0 saturated carbocycles. The van der Waals surface area contributed by atoms with E-state index in [1.54, 1.807) is 4.90 Å². The Morgan fingerprint density at radius 3 is 2.56 bits per heavy atom. The van der Waals surface area contributed by atoms with Gasteiger partial charge in [-0.3, -0.25) is 0 Å². The Balaban J connectivity index is 2.31. The summed E-state index contributed by atoms with van der Waals surface area (Å²) < 4.78 is 39.9. The predicted molar refractivity (Wildman–Crippen MR) is 65.2 cm³/mol. The zero-order valence-corrected chi connectivity index (χ0v) is 10.5. The van der Waals surface area contributed by atoms with Crippen LogP contribution >= 0.6 is 0 Å². The predicted octanol–water partition coefficient (Wildman–Crippen LogP) is 2.68. The molecule has 2 rings (SSSR count). The summed E-state index contributed by atoms with van der Waals surface area (Å²) in [6, 6.07) is 1.85. The van der Waals surface area contributed by atoms with E-state index in [2.05, 4.69) is 5.32 Å². The van der Waals surface area contributed by atoms with Gasteiger partial charge >= 0.3 is 0 Å². The minimum atomic E-state index is -1.15. The van der Waals surface area contributed by atoms with E-state index in [1.165, 1.54) is 0 Å². The molecule has 1 aromatic rings. The zero-order valence-electron chi connectivity index (χ0n) is 10.5. The third-order valence-electron chi connectivity index (χ3n) is 3.44. The molecule has 2 nitrogen and oxygen atoms in total. The number of hydrogen-bond donors (Lipinski definition) is 1. The second kappa shape index (κ2) is 5.18. The summed E-state index contributed by atoms with van der Waals surface area (Å²) in [4.78, 5) is 1.79. The van der Waals surface area contributed by atoms with Crippen molar-refractivity contribution in [2.24, 2.45) is 0 Å². The fourth-order valence-electron chi connectivity index (χ4n) is 2.27. The van der Waals surface area contributed by atoms with Crippen molar-refractivity contribution in [3.8, 4) is 0 Å². The summed E-state index contributed by atoms with van der Waals surface area (Å²) in [6.07, 6.45) is 0.911. The molecule has 2 atom stereocenters. The maximum absolute atomic E-state index is 13.8. The Bertz CT molecular complexity index is 436. The number of piperazine rings is 1. The number of rotatable bonds is 2. The molecule has 1 fully saturated rings. The lowest BCUT2D eigenvalue weighted by Crippen LogP contribution is -2.55. The SMILES string of the molecule is CCC1CN(c2cc(F)c(F)cc2F)C(C)CN1. The Kier molecular flexibility index (Phi) is 3.80. The van der Waals surface area contributed by atoms with Crippen LogP contribution in [0.25, 0.3) is 0 Å². The average Bonchev–Trinajstić information content (AvgIpc) is 2.35. The Morgan fingerprint density at radius 1 is 1.22 bits per heavy atom. The third-order valence-corrected chi connectivity index (χ3v) is 3.44. The van der Waals surface area contributed by atoms with E-state index in [0.717, 1.165) is 12.5 Å². The van der Waals surface area contributed by atoms with Gasteiger partial charge in [0.15, 0.2) is 11.6 Å². The van der Waals surface area contributed by atoms with Crippen LogP contribution in [-0.2, 0) is 0 Å². The van der Waals surface area contributed by atoms with Gasteiger partial charge in [-0.1, -0.05) is 6.92 Å². The van der Waals surface area contributed by atoms with Crippen molar-refractivity contribution in [2.45, 2.75) is 32.4 Å². The molecule has 1 aliphatic heterocycles. The van der Waals surface area contributed by atoms with E-state index in [-0.39, 0.29) is 17.8 Å². The third kappa shape index (κ3) is 2.46. The summed E-state index contributed by atoms with van der Waals surface area (Å²) in [6.45, 7) is 5.27. The molecular formula is C13H17F3N2. The second-order valence-electron chi connectivity index (χ2n) is 4.73. The Hall–Kier alpha value is -1.23. The van der Waals surface area contributed by atoms with Gasteiger partial charge in [0.05, 0.1) is 5.69 Å². The lowest BCUT2D eigenvalue weighted by atomic mass is 10.1. The summed E-state index contributed by atoms with van der Waals surface area (Å²) in [5, 5.41) is 3.33. The first-order valence-corrected chi connectivity index (χ1v) is 6.17. The Morgan fingerprint density at radius 2 is 1.89 bits per heavy atom. The van der Waals surface area contributed by atoms with E-state index in [4.69, 9.17) is 0 Å². The van der Waals surface area contributed by atoms with Crippen molar-refractivity contribution in [3.63, 3.8) is 0 Å². The quantitative estimate of drug-likeness (QED) is 0.820. The monoisotopic (exact) mass is 258 g/mol. The van der Waals surface area contributed by atoms with Crippen LogP contribution in [0.5, 0.6) is 0 Å². The van der Waals surface area contributed by atoms with Crippen molar-refractivity contribution in [1.29, 1.82) is 0 Å². The standard InChI is InChI=1S/C13H17F3N2/c1-3-9-7-18(8(2)6-17-9)13-5-11(15)10(14)4-12(13)16/h4-5,8-9,17H,3,6-7H2,1-2H3. The van der Waals surface area contributed by atoms with Crippen LogP contribution in [0, 0.1) is 17.5 Å². The molecule has 0 aromatic heterocycles. The fraction of sp³-hybridized carbons (Fsp3) is 0.538. The molecule has 1 aliphatic rings. The molecule has 1 N–H and O–H groups in total. The van der Waals surface area contributed by atoms with Crippen LogP contribution < -0.4 is 10.2 Å². The van der Waals surface area contributed by atoms with Gasteiger partial charge in [0.1, 0.15) is 5.82 Å². The number of benzene rings is 1. The molecule has 1 aromatic carbocycles. The minimum Gasteiger partial charge on any atom is -0.364 e. The molecule has 100 valence electrons. The number of hydrogen-bond acceptors (Lipinski definition) is 2. The van der Waals surface area contributed by atoms with E-state index < -0.39 is 17.5 Å². The van der Waals surface area contributed by atoms with Crippen LogP contribution in [0.15, 0.2) is 12.1 Å². The highest BCUT2D eigenvalue weighted by molar-refractivity contribution is 5.50. The van der Waals surface area contributed by atoms with Gasteiger partial charge in [-0.2, -0.15) is 0 Å². The second-order valence-corrected chi connectivity index (χ2v) is 4.73. The lowest BCUT2D eigenvalue weighted by Gasteiger charge is -2.40. The number of nitrogens with zero attached hydrogens (tertiary/aromatic N) is 1. The normalized spacial score (nSPS) is 24.4. The first-order valence-electron chi connectivity index (χ1n) is 6.17. The van der Waals surface area contributed by atoms with Gasteiger partial charge in [0.25, 0.3) is 0 Å². The number of halogens is 3. The van der Waals surface area contributed by atoms with Crippen molar-refractivity contribution in [2.75, 3.05) is 18.0 Å². The highest BCUT2D eigenvalue weighted by atomic mass is 19.2. The van der Waals surface area contributed by atoms with Gasteiger partial charge in [-0.25, -0.2) is 13.2 Å². The van der Waals surface area contributed by atoms with Crippen molar-refractivity contribution in [3.05, 3.63) is 29.6 Å².